The SMILES string of the molecule is COc1cc(COc2ccc(Br)c(C)c2)ccc1C(N)=S. The summed E-state index contributed by atoms with van der Waals surface area (Å²) in [5, 5.41) is 0. The van der Waals surface area contributed by atoms with Gasteiger partial charge in [0, 0.05) is 4.47 Å². The van der Waals surface area contributed by atoms with Crippen LogP contribution in [0.5, 0.6) is 11.5 Å². The molecule has 0 heterocycles. The predicted molar refractivity (Wildman–Crippen MR) is 92.1 cm³/mol. The number of rotatable bonds is 5. The fourth-order valence-corrected chi connectivity index (χ4v) is 2.32. The van der Waals surface area contributed by atoms with Crippen LogP contribution in [0.1, 0.15) is 16.7 Å². The molecule has 0 spiro atoms. The van der Waals surface area contributed by atoms with Gasteiger partial charge in [-0.15, -0.1) is 0 Å². The second-order valence-electron chi connectivity index (χ2n) is 4.60. The molecule has 0 saturated carbocycles. The first-order valence-corrected chi connectivity index (χ1v) is 7.57. The Morgan fingerprint density at radius 1 is 1.24 bits per heavy atom. The van der Waals surface area contributed by atoms with Crippen molar-refractivity contribution < 1.29 is 9.47 Å². The van der Waals surface area contributed by atoms with Gasteiger partial charge >= 0.3 is 0 Å². The molecule has 0 radical (unpaired) electrons. The third-order valence-electron chi connectivity index (χ3n) is 3.07. The maximum Gasteiger partial charge on any atom is 0.129 e. The molecule has 110 valence electrons. The van der Waals surface area contributed by atoms with Crippen LogP contribution >= 0.6 is 28.1 Å². The Balaban J connectivity index is 2.13. The molecule has 0 amide bonds. The van der Waals surface area contributed by atoms with Crippen LogP contribution in [0.15, 0.2) is 40.9 Å². The van der Waals surface area contributed by atoms with Crippen molar-refractivity contribution in [2.45, 2.75) is 13.5 Å². The predicted octanol–water partition coefficient (Wildman–Crippen LogP) is 3.98. The maximum absolute atomic E-state index is 5.79. The number of hydrogen-bond donors (Lipinski definition) is 1. The molecule has 0 aromatic heterocycles. The Morgan fingerprint density at radius 2 is 2.00 bits per heavy atom. The number of methoxy groups -OCH3 is 1. The minimum Gasteiger partial charge on any atom is -0.496 e. The zero-order valence-corrected chi connectivity index (χ0v) is 14.3. The van der Waals surface area contributed by atoms with E-state index in [-0.39, 0.29) is 0 Å². The first kappa shape index (κ1) is 15.8. The van der Waals surface area contributed by atoms with Gasteiger partial charge in [0.05, 0.1) is 12.7 Å². The Hall–Kier alpha value is -1.59. The minimum atomic E-state index is 0.322. The molecule has 0 unspecified atom stereocenters. The summed E-state index contributed by atoms with van der Waals surface area (Å²) in [5.74, 6) is 1.49. The van der Waals surface area contributed by atoms with Gasteiger partial charge in [-0.1, -0.05) is 34.2 Å². The average molecular weight is 366 g/mol. The summed E-state index contributed by atoms with van der Waals surface area (Å²) in [4.78, 5) is 0.322. The molecular formula is C16H16BrNO2S. The van der Waals surface area contributed by atoms with E-state index in [4.69, 9.17) is 27.4 Å². The van der Waals surface area contributed by atoms with Crippen LogP contribution < -0.4 is 15.2 Å². The molecule has 2 aromatic carbocycles. The first-order chi connectivity index (χ1) is 10.0. The molecule has 0 atom stereocenters. The summed E-state index contributed by atoms with van der Waals surface area (Å²) in [6.07, 6.45) is 0. The summed E-state index contributed by atoms with van der Waals surface area (Å²) in [5.41, 5.74) is 8.51. The highest BCUT2D eigenvalue weighted by atomic mass is 79.9. The zero-order chi connectivity index (χ0) is 15.4. The Bertz CT molecular complexity index is 673. The lowest BCUT2D eigenvalue weighted by atomic mass is 10.1. The number of hydrogen-bond acceptors (Lipinski definition) is 3. The summed E-state index contributed by atoms with van der Waals surface area (Å²) < 4.78 is 12.2. The Morgan fingerprint density at radius 3 is 2.62 bits per heavy atom. The van der Waals surface area contributed by atoms with Crippen molar-refractivity contribution in [2.24, 2.45) is 5.73 Å². The van der Waals surface area contributed by atoms with E-state index in [0.29, 0.717) is 17.3 Å². The van der Waals surface area contributed by atoms with E-state index in [2.05, 4.69) is 15.9 Å². The van der Waals surface area contributed by atoms with Gasteiger partial charge in [0.1, 0.15) is 23.1 Å². The van der Waals surface area contributed by atoms with Gasteiger partial charge in [-0.3, -0.25) is 0 Å². The van der Waals surface area contributed by atoms with Crippen molar-refractivity contribution in [1.82, 2.24) is 0 Å². The topological polar surface area (TPSA) is 44.5 Å². The molecule has 2 rings (SSSR count). The van der Waals surface area contributed by atoms with E-state index >= 15 is 0 Å². The molecule has 2 aromatic rings. The molecule has 5 heteroatoms. The van der Waals surface area contributed by atoms with Gasteiger partial charge in [-0.25, -0.2) is 0 Å². The zero-order valence-electron chi connectivity index (χ0n) is 11.9. The van der Waals surface area contributed by atoms with Crippen LogP contribution in [-0.4, -0.2) is 12.1 Å². The van der Waals surface area contributed by atoms with Gasteiger partial charge in [-0.2, -0.15) is 0 Å². The van der Waals surface area contributed by atoms with E-state index in [1.807, 2.05) is 43.3 Å². The lowest BCUT2D eigenvalue weighted by molar-refractivity contribution is 0.305. The van der Waals surface area contributed by atoms with Crippen LogP contribution in [0.4, 0.5) is 0 Å². The van der Waals surface area contributed by atoms with Crippen LogP contribution in [0.2, 0.25) is 0 Å². The fraction of sp³-hybridized carbons (Fsp3) is 0.188. The molecule has 0 aliphatic heterocycles. The number of nitrogens with two attached hydrogens (primary N) is 1. The highest BCUT2D eigenvalue weighted by Gasteiger charge is 2.07. The van der Waals surface area contributed by atoms with Crippen molar-refractivity contribution in [2.75, 3.05) is 7.11 Å². The summed E-state index contributed by atoms with van der Waals surface area (Å²) in [6, 6.07) is 11.6. The van der Waals surface area contributed by atoms with Crippen molar-refractivity contribution >= 4 is 33.1 Å². The highest BCUT2D eigenvalue weighted by Crippen LogP contribution is 2.24. The van der Waals surface area contributed by atoms with E-state index in [9.17, 15) is 0 Å². The number of thiocarbonyl (C=S) groups is 1. The lowest BCUT2D eigenvalue weighted by Gasteiger charge is -2.11. The van der Waals surface area contributed by atoms with Crippen molar-refractivity contribution in [1.29, 1.82) is 0 Å². The highest BCUT2D eigenvalue weighted by molar-refractivity contribution is 9.10. The molecule has 0 aliphatic rings. The molecule has 2 N–H and O–H groups in total. The second kappa shape index (κ2) is 6.91. The minimum absolute atomic E-state index is 0.322. The number of benzene rings is 2. The van der Waals surface area contributed by atoms with Crippen molar-refractivity contribution in [3.63, 3.8) is 0 Å². The Kier molecular flexibility index (Phi) is 5.20. The monoisotopic (exact) mass is 365 g/mol. The van der Waals surface area contributed by atoms with E-state index in [1.54, 1.807) is 7.11 Å². The lowest BCUT2D eigenvalue weighted by Crippen LogP contribution is -2.11. The molecule has 0 aliphatic carbocycles. The summed E-state index contributed by atoms with van der Waals surface area (Å²) >= 11 is 8.46. The summed E-state index contributed by atoms with van der Waals surface area (Å²) in [6.45, 7) is 2.48. The van der Waals surface area contributed by atoms with Gasteiger partial charge < -0.3 is 15.2 Å². The largest absolute Gasteiger partial charge is 0.496 e. The quantitative estimate of drug-likeness (QED) is 0.813. The molecule has 3 nitrogen and oxygen atoms in total. The standard InChI is InChI=1S/C16H16BrNO2S/c1-10-7-12(4-6-14(10)17)20-9-11-3-5-13(16(18)21)15(8-11)19-2/h3-8H,9H2,1-2H3,(H2,18,21). The van der Waals surface area contributed by atoms with Gasteiger partial charge in [0.25, 0.3) is 0 Å². The third-order valence-corrected chi connectivity index (χ3v) is 4.18. The normalized spacial score (nSPS) is 10.2. The smallest absolute Gasteiger partial charge is 0.129 e. The number of aryl methyl sites for hydroxylation is 1. The van der Waals surface area contributed by atoms with Crippen LogP contribution in [-0.2, 0) is 6.61 Å². The molecule has 0 bridgehead atoms. The maximum atomic E-state index is 5.79. The van der Waals surface area contributed by atoms with Gasteiger partial charge in [0.15, 0.2) is 0 Å². The number of ether oxygens (including phenoxy) is 2. The van der Waals surface area contributed by atoms with E-state index in [0.717, 1.165) is 26.9 Å². The average Bonchev–Trinajstić information content (AvgIpc) is 2.48. The molecule has 21 heavy (non-hydrogen) atoms. The van der Waals surface area contributed by atoms with E-state index < -0.39 is 0 Å². The summed E-state index contributed by atoms with van der Waals surface area (Å²) in [7, 11) is 1.60. The Labute approximate surface area is 138 Å². The van der Waals surface area contributed by atoms with Gasteiger partial charge in [0.2, 0.25) is 0 Å². The number of halogens is 1. The third kappa shape index (κ3) is 3.95. The molecule has 0 fully saturated rings. The van der Waals surface area contributed by atoms with Crippen LogP contribution in [0, 0.1) is 6.92 Å². The molecular weight excluding hydrogens is 350 g/mol. The van der Waals surface area contributed by atoms with Crippen molar-refractivity contribution in [3.05, 3.63) is 57.6 Å². The second-order valence-corrected chi connectivity index (χ2v) is 5.89. The van der Waals surface area contributed by atoms with E-state index in [1.165, 1.54) is 0 Å². The molecule has 0 saturated heterocycles. The fourth-order valence-electron chi connectivity index (χ4n) is 1.90. The van der Waals surface area contributed by atoms with Crippen LogP contribution in [0.25, 0.3) is 0 Å². The first-order valence-electron chi connectivity index (χ1n) is 6.37. The van der Waals surface area contributed by atoms with Crippen LogP contribution in [0.3, 0.4) is 0 Å². The van der Waals surface area contributed by atoms with Gasteiger partial charge in [-0.05, 0) is 48.4 Å². The van der Waals surface area contributed by atoms with Crippen molar-refractivity contribution in [3.8, 4) is 11.5 Å².